The fraction of sp³-hybridized carbons (Fsp3) is 0.923. The van der Waals surface area contributed by atoms with Gasteiger partial charge in [-0.25, -0.2) is 0 Å². The first-order valence-corrected chi connectivity index (χ1v) is 20.1. The van der Waals surface area contributed by atoms with Crippen molar-refractivity contribution in [3.8, 4) is 0 Å². The zero-order chi connectivity index (χ0) is 40.9. The number of carbonyl (C=O) groups excluding carboxylic acids is 3. The summed E-state index contributed by atoms with van der Waals surface area (Å²) < 4.78 is 49.6. The molecule has 0 aromatic rings. The topological polar surface area (TPSA) is 154 Å². The van der Waals surface area contributed by atoms with Gasteiger partial charge in [0.2, 0.25) is 0 Å². The third-order valence-corrected chi connectivity index (χ3v) is 15.3. The summed E-state index contributed by atoms with van der Waals surface area (Å²) in [5.74, 6) is -1.63. The summed E-state index contributed by atoms with van der Waals surface area (Å²) in [7, 11) is -0.238. The van der Waals surface area contributed by atoms with Crippen molar-refractivity contribution in [1.29, 1.82) is 0 Å². The fourth-order valence-electron chi connectivity index (χ4n) is 8.41. The van der Waals surface area contributed by atoms with E-state index in [4.69, 9.17) is 18.8 Å². The molecule has 11 nitrogen and oxygen atoms in total. The highest BCUT2D eigenvalue weighted by Crippen LogP contribution is 2.72. The van der Waals surface area contributed by atoms with Gasteiger partial charge in [-0.3, -0.25) is 18.9 Å². The maximum absolute atomic E-state index is 14.7. The lowest BCUT2D eigenvalue weighted by molar-refractivity contribution is -0.890. The SMILES string of the molecule is CCCC(C)(C(=O)OCC[N+](C)(C)CCCS(=O)(=O)O)C(C)(C)C(C)(C)C(C)(C(=O)OCC)C(C)(C)C(C)(C)C(C)(C(=O)OCCO)C(C)(C)C. The summed E-state index contributed by atoms with van der Waals surface area (Å²) >= 11 is 0. The lowest BCUT2D eigenvalue weighted by Crippen LogP contribution is -2.69. The first-order chi connectivity index (χ1) is 22.6. The van der Waals surface area contributed by atoms with Crippen LogP contribution in [0.5, 0.6) is 0 Å². The molecule has 0 amide bonds. The van der Waals surface area contributed by atoms with Gasteiger partial charge >= 0.3 is 17.9 Å². The van der Waals surface area contributed by atoms with Crippen molar-refractivity contribution >= 4 is 28.0 Å². The van der Waals surface area contributed by atoms with Gasteiger partial charge in [-0.15, -0.1) is 0 Å². The third kappa shape index (κ3) is 9.31. The Labute approximate surface area is 311 Å². The number of hydrogen-bond donors (Lipinski definition) is 2. The van der Waals surface area contributed by atoms with Crippen molar-refractivity contribution in [2.24, 2.45) is 43.3 Å². The Morgan fingerprint density at radius 1 is 0.627 bits per heavy atom. The Hall–Kier alpha value is -1.76. The molecule has 51 heavy (non-hydrogen) atoms. The largest absolute Gasteiger partial charge is 0.466 e. The smallest absolute Gasteiger partial charge is 0.312 e. The number of aliphatic hydroxyl groups is 1. The molecule has 0 fully saturated rings. The molecule has 0 heterocycles. The molecule has 0 aromatic carbocycles. The van der Waals surface area contributed by atoms with Crippen LogP contribution in [0.2, 0.25) is 0 Å². The van der Waals surface area contributed by atoms with Crippen molar-refractivity contribution in [1.82, 2.24) is 0 Å². The molecule has 0 radical (unpaired) electrons. The van der Waals surface area contributed by atoms with Crippen molar-refractivity contribution in [3.63, 3.8) is 0 Å². The van der Waals surface area contributed by atoms with E-state index in [0.717, 1.165) is 0 Å². The first-order valence-electron chi connectivity index (χ1n) is 18.5. The Morgan fingerprint density at radius 3 is 1.47 bits per heavy atom. The zero-order valence-corrected chi connectivity index (χ0v) is 36.4. The van der Waals surface area contributed by atoms with E-state index in [2.05, 4.69) is 0 Å². The molecule has 12 heteroatoms. The Balaban J connectivity index is 7.35. The van der Waals surface area contributed by atoms with Gasteiger partial charge in [0.25, 0.3) is 10.1 Å². The van der Waals surface area contributed by atoms with Crippen LogP contribution in [0.3, 0.4) is 0 Å². The van der Waals surface area contributed by atoms with Crippen LogP contribution >= 0.6 is 0 Å². The van der Waals surface area contributed by atoms with Crippen molar-refractivity contribution in [3.05, 3.63) is 0 Å². The summed E-state index contributed by atoms with van der Waals surface area (Å²) in [4.78, 5) is 43.2. The minimum Gasteiger partial charge on any atom is -0.466 e. The van der Waals surface area contributed by atoms with E-state index in [0.29, 0.717) is 30.4 Å². The van der Waals surface area contributed by atoms with Crippen molar-refractivity contribution in [2.75, 3.05) is 59.4 Å². The maximum atomic E-state index is 14.7. The average molecular weight is 751 g/mol. The molecule has 3 atom stereocenters. The molecule has 0 aliphatic heterocycles. The minimum atomic E-state index is -4.06. The van der Waals surface area contributed by atoms with Gasteiger partial charge in [0, 0.05) is 6.42 Å². The van der Waals surface area contributed by atoms with E-state index in [9.17, 15) is 27.9 Å². The molecule has 0 aliphatic carbocycles. The highest BCUT2D eigenvalue weighted by molar-refractivity contribution is 7.85. The van der Waals surface area contributed by atoms with Crippen LogP contribution in [0.25, 0.3) is 0 Å². The lowest BCUT2D eigenvalue weighted by atomic mass is 9.34. The summed E-state index contributed by atoms with van der Waals surface area (Å²) in [5, 5.41) is 9.52. The van der Waals surface area contributed by atoms with Crippen molar-refractivity contribution < 1.29 is 51.2 Å². The van der Waals surface area contributed by atoms with E-state index < -0.39 is 71.3 Å². The fourth-order valence-corrected chi connectivity index (χ4v) is 8.91. The Morgan fingerprint density at radius 2 is 1.06 bits per heavy atom. The highest BCUT2D eigenvalue weighted by Gasteiger charge is 2.73. The standard InChI is InChI=1S/C39H75NO10S/c1-19-22-37(14,29(42)49-26-24-40(17,18)23-21-28-51(45,46)47)33(6,7)34(8,9)39(16,31(44)48-20-2)36(12,13)35(10,11)38(15,32(3,4)5)30(43)50-27-25-41/h41H,19-28H2,1-18H3/p+1. The van der Waals surface area contributed by atoms with Crippen LogP contribution in [-0.2, 0) is 38.7 Å². The van der Waals surface area contributed by atoms with Crippen LogP contribution in [0, 0.1) is 43.3 Å². The summed E-state index contributed by atoms with van der Waals surface area (Å²) in [6, 6.07) is 0. The number of likely N-dealkylation sites (N-methyl/N-ethyl adjacent to an activating group) is 1. The number of hydrogen-bond acceptors (Lipinski definition) is 9. The molecule has 0 saturated carbocycles. The lowest BCUT2D eigenvalue weighted by Gasteiger charge is -2.68. The Bertz CT molecular complexity index is 1310. The molecular formula is C39H76NO10S+. The molecular weight excluding hydrogens is 674 g/mol. The monoisotopic (exact) mass is 751 g/mol. The summed E-state index contributed by atoms with van der Waals surface area (Å²) in [6.45, 7) is 32.1. The molecule has 302 valence electrons. The van der Waals surface area contributed by atoms with Crippen LogP contribution in [0.1, 0.15) is 130 Å². The van der Waals surface area contributed by atoms with Gasteiger partial charge in [-0.05, 0) is 61.2 Å². The van der Waals surface area contributed by atoms with Crippen LogP contribution in [0.4, 0.5) is 0 Å². The number of esters is 3. The maximum Gasteiger partial charge on any atom is 0.312 e. The molecule has 0 rings (SSSR count). The third-order valence-electron chi connectivity index (χ3n) is 14.5. The van der Waals surface area contributed by atoms with Gasteiger partial charge in [-0.2, -0.15) is 8.42 Å². The van der Waals surface area contributed by atoms with Crippen molar-refractivity contribution in [2.45, 2.75) is 130 Å². The van der Waals surface area contributed by atoms with Gasteiger partial charge in [-0.1, -0.05) is 89.5 Å². The van der Waals surface area contributed by atoms with Gasteiger partial charge in [0.15, 0.2) is 0 Å². The van der Waals surface area contributed by atoms with Crippen LogP contribution in [-0.4, -0.2) is 99.8 Å². The van der Waals surface area contributed by atoms with Crippen LogP contribution < -0.4 is 0 Å². The molecule has 3 unspecified atom stereocenters. The van der Waals surface area contributed by atoms with Gasteiger partial charge < -0.3 is 23.8 Å². The molecule has 0 saturated heterocycles. The number of nitrogens with zero attached hydrogens (tertiary/aromatic N) is 1. The predicted octanol–water partition coefficient (Wildman–Crippen LogP) is 6.95. The average Bonchev–Trinajstić information content (AvgIpc) is 2.96. The Kier molecular flexibility index (Phi) is 16.1. The van der Waals surface area contributed by atoms with E-state index >= 15 is 0 Å². The van der Waals surface area contributed by atoms with E-state index in [1.165, 1.54) is 0 Å². The predicted molar refractivity (Wildman–Crippen MR) is 202 cm³/mol. The summed E-state index contributed by atoms with van der Waals surface area (Å²) in [6.07, 6.45) is 1.41. The number of ether oxygens (including phenoxy) is 3. The molecule has 0 aliphatic rings. The highest BCUT2D eigenvalue weighted by atomic mass is 32.2. The second kappa shape index (κ2) is 16.7. The molecule has 2 N–H and O–H groups in total. The molecule has 0 spiro atoms. The zero-order valence-electron chi connectivity index (χ0n) is 35.6. The summed E-state index contributed by atoms with van der Waals surface area (Å²) in [5.41, 5.74) is -8.01. The van der Waals surface area contributed by atoms with Gasteiger partial charge in [0.05, 0.1) is 55.9 Å². The molecule has 0 bridgehead atoms. The minimum absolute atomic E-state index is 0.0983. The quantitative estimate of drug-likeness (QED) is 0.0545. The number of carbonyl (C=O) groups is 3. The van der Waals surface area contributed by atoms with E-state index in [-0.39, 0.29) is 38.6 Å². The van der Waals surface area contributed by atoms with Gasteiger partial charge in [0.1, 0.15) is 19.8 Å². The van der Waals surface area contributed by atoms with E-state index in [1.807, 2.05) is 118 Å². The van der Waals surface area contributed by atoms with E-state index in [1.54, 1.807) is 6.92 Å². The normalized spacial score (nSPS) is 17.5. The second-order valence-electron chi connectivity index (χ2n) is 18.8. The number of aliphatic hydroxyl groups excluding tert-OH is 1. The number of quaternary nitrogens is 1. The molecule has 0 aromatic heterocycles. The number of rotatable bonds is 21. The first kappa shape index (κ1) is 49.2. The van der Waals surface area contributed by atoms with Crippen LogP contribution in [0.15, 0.2) is 0 Å². The second-order valence-corrected chi connectivity index (χ2v) is 20.4.